The van der Waals surface area contributed by atoms with Crippen molar-refractivity contribution in [1.29, 1.82) is 0 Å². The van der Waals surface area contributed by atoms with Gasteiger partial charge in [-0.05, 0) is 58.3 Å². The van der Waals surface area contributed by atoms with Crippen LogP contribution >= 0.6 is 23.2 Å². The number of nitrogens with two attached hydrogens (primary N) is 1. The number of tetrazole rings is 1. The first-order chi connectivity index (χ1) is 19.9. The number of hydrogen-bond donors (Lipinski definition) is 5. The largest absolute Gasteiger partial charge is 0.382 e. The third-order valence-corrected chi connectivity index (χ3v) is 7.05. The first-order valence-electron chi connectivity index (χ1n) is 12.5. The summed E-state index contributed by atoms with van der Waals surface area (Å²) in [6.07, 6.45) is 1.95. The van der Waals surface area contributed by atoms with Gasteiger partial charge in [-0.1, -0.05) is 59.6 Å². The molecule has 3 aromatic carbocycles. The van der Waals surface area contributed by atoms with E-state index in [-0.39, 0.29) is 6.54 Å². The van der Waals surface area contributed by atoms with E-state index in [1.807, 2.05) is 48.5 Å². The first kappa shape index (κ1) is 26.3. The van der Waals surface area contributed by atoms with Gasteiger partial charge in [0.25, 0.3) is 0 Å². The van der Waals surface area contributed by atoms with Crippen LogP contribution in [0.1, 0.15) is 23.0 Å². The Kier molecular flexibility index (Phi) is 7.23. The number of nitrogens with one attached hydrogen (secondary N) is 4. The van der Waals surface area contributed by atoms with Crippen molar-refractivity contribution in [3.63, 3.8) is 0 Å². The number of nitrogen functional groups attached to an aromatic ring is 1. The second kappa shape index (κ2) is 11.3. The van der Waals surface area contributed by atoms with Crippen molar-refractivity contribution in [2.75, 3.05) is 5.73 Å². The number of amides is 2. The summed E-state index contributed by atoms with van der Waals surface area (Å²) in [4.78, 5) is 21.1. The fourth-order valence-electron chi connectivity index (χ4n) is 4.56. The lowest BCUT2D eigenvalue weighted by atomic mass is 10.1. The molecule has 0 saturated carbocycles. The quantitative estimate of drug-likeness (QED) is 0.173. The van der Waals surface area contributed by atoms with Crippen LogP contribution in [0, 0.1) is 0 Å². The molecule has 6 aromatic rings. The molecule has 1 atom stereocenters. The lowest BCUT2D eigenvalue weighted by Crippen LogP contribution is -2.39. The number of anilines is 1. The van der Waals surface area contributed by atoms with Crippen LogP contribution in [0.25, 0.3) is 27.8 Å². The van der Waals surface area contributed by atoms with Gasteiger partial charge in [-0.25, -0.2) is 14.5 Å². The molecule has 0 saturated heterocycles. The number of urea groups is 1. The van der Waals surface area contributed by atoms with Crippen LogP contribution in [0.4, 0.5) is 10.6 Å². The molecule has 6 rings (SSSR count). The monoisotopic (exact) mass is 587 g/mol. The van der Waals surface area contributed by atoms with E-state index in [4.69, 9.17) is 33.9 Å². The van der Waals surface area contributed by atoms with Gasteiger partial charge in [0.05, 0.1) is 17.2 Å². The number of imidazole rings is 1. The van der Waals surface area contributed by atoms with Gasteiger partial charge >= 0.3 is 6.03 Å². The highest BCUT2D eigenvalue weighted by Gasteiger charge is 2.22. The minimum Gasteiger partial charge on any atom is -0.382 e. The van der Waals surface area contributed by atoms with Gasteiger partial charge < -0.3 is 21.4 Å². The highest BCUT2D eigenvalue weighted by Crippen LogP contribution is 2.31. The molecule has 0 radical (unpaired) electrons. The van der Waals surface area contributed by atoms with E-state index in [0.717, 1.165) is 27.6 Å². The van der Waals surface area contributed by atoms with Crippen LogP contribution in [0.2, 0.25) is 10.2 Å². The zero-order chi connectivity index (χ0) is 28.3. The number of carbonyl (C=O) groups is 1. The second-order valence-corrected chi connectivity index (χ2v) is 10.1. The number of rotatable bonds is 8. The summed E-state index contributed by atoms with van der Waals surface area (Å²) in [5.41, 5.74) is 10.4. The molecule has 41 heavy (non-hydrogen) atoms. The van der Waals surface area contributed by atoms with Crippen LogP contribution in [0.3, 0.4) is 0 Å². The number of fused-ring (bicyclic) bond motifs is 1. The van der Waals surface area contributed by atoms with Gasteiger partial charge in [0.1, 0.15) is 23.0 Å². The minimum atomic E-state index is -0.520. The van der Waals surface area contributed by atoms with E-state index in [1.54, 1.807) is 18.2 Å². The van der Waals surface area contributed by atoms with E-state index in [2.05, 4.69) is 41.3 Å². The fraction of sp³-hybridized carbons (Fsp3) is 0.111. The lowest BCUT2D eigenvalue weighted by molar-refractivity contribution is 0.236. The van der Waals surface area contributed by atoms with Gasteiger partial charge in [0, 0.05) is 22.5 Å². The average Bonchev–Trinajstić information content (AvgIpc) is 3.73. The molecule has 206 valence electrons. The fourth-order valence-corrected chi connectivity index (χ4v) is 5.00. The molecule has 0 bridgehead atoms. The smallest absolute Gasteiger partial charge is 0.315 e. The predicted octanol–water partition coefficient (Wildman–Crippen LogP) is 4.60. The molecule has 0 spiro atoms. The predicted molar refractivity (Wildman–Crippen MR) is 156 cm³/mol. The molecule has 2 amide bonds. The SMILES string of the molecule is Nc1n[nH]c2cc(-c3nc([C@H](Cc4ccccc4)NC(=O)NCc4cc(Cl)ccc4-n4cnnn4)[nH]c3Cl)ccc12. The van der Waals surface area contributed by atoms with Crippen LogP contribution in [0.5, 0.6) is 0 Å². The van der Waals surface area contributed by atoms with Crippen LogP contribution in [-0.2, 0) is 13.0 Å². The molecule has 0 aliphatic carbocycles. The lowest BCUT2D eigenvalue weighted by Gasteiger charge is -2.18. The minimum absolute atomic E-state index is 0.178. The van der Waals surface area contributed by atoms with Gasteiger partial charge in [-0.3, -0.25) is 5.10 Å². The molecule has 0 fully saturated rings. The number of halogens is 2. The maximum Gasteiger partial charge on any atom is 0.315 e. The van der Waals surface area contributed by atoms with E-state index in [9.17, 15) is 4.79 Å². The maximum atomic E-state index is 13.2. The molecule has 0 unspecified atom stereocenters. The van der Waals surface area contributed by atoms with Crippen molar-refractivity contribution < 1.29 is 4.79 Å². The van der Waals surface area contributed by atoms with E-state index >= 15 is 0 Å². The molecule has 14 heteroatoms. The molecule has 0 aliphatic heterocycles. The van der Waals surface area contributed by atoms with E-state index in [1.165, 1.54) is 11.0 Å². The third kappa shape index (κ3) is 5.69. The Morgan fingerprint density at radius 3 is 2.73 bits per heavy atom. The Morgan fingerprint density at radius 2 is 1.93 bits per heavy atom. The summed E-state index contributed by atoms with van der Waals surface area (Å²) in [7, 11) is 0. The molecular weight excluding hydrogens is 565 g/mol. The number of nitrogens with zero attached hydrogens (tertiary/aromatic N) is 6. The number of H-pyrrole nitrogens is 2. The number of aromatic amines is 2. The van der Waals surface area contributed by atoms with Gasteiger partial charge in [-0.2, -0.15) is 5.10 Å². The normalized spacial score (nSPS) is 12.0. The summed E-state index contributed by atoms with van der Waals surface area (Å²) in [5, 5.41) is 25.9. The number of hydrogen-bond acceptors (Lipinski definition) is 7. The maximum absolute atomic E-state index is 13.2. The molecule has 3 aromatic heterocycles. The Bertz CT molecular complexity index is 1820. The topological polar surface area (TPSA) is 168 Å². The molecular formula is C27H23Cl2N11O. The molecule has 6 N–H and O–H groups in total. The average molecular weight is 588 g/mol. The van der Waals surface area contributed by atoms with Crippen molar-refractivity contribution in [3.05, 3.63) is 100 Å². The van der Waals surface area contributed by atoms with Crippen molar-refractivity contribution in [1.82, 2.24) is 51.0 Å². The Hall–Kier alpha value is -4.94. The summed E-state index contributed by atoms with van der Waals surface area (Å²) in [5.74, 6) is 0.923. The summed E-state index contributed by atoms with van der Waals surface area (Å²) < 4.78 is 1.50. The van der Waals surface area contributed by atoms with Crippen molar-refractivity contribution in [3.8, 4) is 16.9 Å². The second-order valence-electron chi connectivity index (χ2n) is 9.25. The van der Waals surface area contributed by atoms with Gasteiger partial charge in [-0.15, -0.1) is 5.10 Å². The summed E-state index contributed by atoms with van der Waals surface area (Å²) in [6.45, 7) is 0.178. The Morgan fingerprint density at radius 1 is 1.07 bits per heavy atom. The zero-order valence-electron chi connectivity index (χ0n) is 21.3. The number of carbonyl (C=O) groups excluding carboxylic acids is 1. The van der Waals surface area contributed by atoms with Crippen LogP contribution in [0.15, 0.2) is 73.1 Å². The van der Waals surface area contributed by atoms with Gasteiger partial charge in [0.15, 0.2) is 5.82 Å². The van der Waals surface area contributed by atoms with E-state index in [0.29, 0.717) is 39.6 Å². The first-order valence-corrected chi connectivity index (χ1v) is 13.3. The van der Waals surface area contributed by atoms with Crippen molar-refractivity contribution in [2.24, 2.45) is 0 Å². The highest BCUT2D eigenvalue weighted by molar-refractivity contribution is 6.32. The molecule has 3 heterocycles. The summed E-state index contributed by atoms with van der Waals surface area (Å²) in [6, 6.07) is 19.8. The number of aromatic nitrogens is 8. The van der Waals surface area contributed by atoms with Crippen molar-refractivity contribution in [2.45, 2.75) is 19.0 Å². The highest BCUT2D eigenvalue weighted by atomic mass is 35.5. The molecule has 0 aliphatic rings. The third-order valence-electron chi connectivity index (χ3n) is 6.54. The van der Waals surface area contributed by atoms with Crippen LogP contribution in [-0.4, -0.2) is 46.4 Å². The van der Waals surface area contributed by atoms with E-state index < -0.39 is 12.1 Å². The number of benzene rings is 3. The molecule has 12 nitrogen and oxygen atoms in total. The van der Waals surface area contributed by atoms with Gasteiger partial charge in [0.2, 0.25) is 0 Å². The summed E-state index contributed by atoms with van der Waals surface area (Å²) >= 11 is 12.8. The zero-order valence-corrected chi connectivity index (χ0v) is 22.9. The van der Waals surface area contributed by atoms with Crippen molar-refractivity contribution >= 4 is 46.0 Å². The Labute approximate surface area is 243 Å². The standard InChI is InChI=1S/C27H23Cl2N11O/c28-18-7-9-22(40-14-32-38-39-40)17(11-18)13-31-27(41)33-21(10-15-4-2-1-3-5-15)26-34-23(24(29)35-26)16-6-8-19-20(12-16)36-37-25(19)30/h1-9,11-12,14,21H,10,13H2,(H,34,35)(H3,30,36,37)(H2,31,33,41)/t21-/m0/s1. The van der Waals surface area contributed by atoms with Crippen LogP contribution < -0.4 is 16.4 Å². The Balaban J connectivity index is 1.24.